The monoisotopic (exact) mass is 441 g/mol. The number of thioether (sulfide) groups is 1. The van der Waals surface area contributed by atoms with E-state index in [-0.39, 0.29) is 11.3 Å². The van der Waals surface area contributed by atoms with Gasteiger partial charge in [0.2, 0.25) is 5.91 Å². The van der Waals surface area contributed by atoms with Crippen molar-refractivity contribution < 1.29 is 4.79 Å². The van der Waals surface area contributed by atoms with Crippen LogP contribution in [0.15, 0.2) is 22.5 Å². The summed E-state index contributed by atoms with van der Waals surface area (Å²) in [7, 11) is 0. The lowest BCUT2D eigenvalue weighted by Crippen LogP contribution is -2.32. The second-order valence-electron chi connectivity index (χ2n) is 8.84. The van der Waals surface area contributed by atoms with Gasteiger partial charge in [-0.15, -0.1) is 11.3 Å². The van der Waals surface area contributed by atoms with Crippen molar-refractivity contribution in [2.75, 3.05) is 18.8 Å². The molecule has 1 atom stereocenters. The molecule has 2 aromatic rings. The van der Waals surface area contributed by atoms with E-state index in [1.165, 1.54) is 17.3 Å². The average Bonchev–Trinajstić information content (AvgIpc) is 3.25. The molecule has 0 saturated heterocycles. The van der Waals surface area contributed by atoms with E-state index < -0.39 is 0 Å². The zero-order valence-electron chi connectivity index (χ0n) is 18.6. The van der Waals surface area contributed by atoms with E-state index in [1.54, 1.807) is 11.3 Å². The van der Waals surface area contributed by atoms with Crippen molar-refractivity contribution in [1.82, 2.24) is 9.88 Å². The lowest BCUT2D eigenvalue weighted by molar-refractivity contribution is -0.127. The maximum absolute atomic E-state index is 12.5. The lowest BCUT2D eigenvalue weighted by atomic mass is 9.70. The predicted octanol–water partition coefficient (Wildman–Crippen LogP) is 5.79. The van der Waals surface area contributed by atoms with Crippen LogP contribution in [0.4, 0.5) is 0 Å². The van der Waals surface area contributed by atoms with Gasteiger partial charge < -0.3 is 4.90 Å². The SMILES string of the molecule is CCN(CC)C(=O)CSc1nc2c(c(-c3cccs3)c1C#N)CC(C(C)(C)C)CC2. The van der Waals surface area contributed by atoms with Crippen LogP contribution >= 0.6 is 23.1 Å². The van der Waals surface area contributed by atoms with E-state index in [0.717, 1.165) is 35.4 Å². The molecule has 2 aromatic heterocycles. The molecular weight excluding hydrogens is 410 g/mol. The van der Waals surface area contributed by atoms with Gasteiger partial charge in [0.1, 0.15) is 11.1 Å². The van der Waals surface area contributed by atoms with Gasteiger partial charge in [-0.25, -0.2) is 4.98 Å². The minimum atomic E-state index is 0.0962. The summed E-state index contributed by atoms with van der Waals surface area (Å²) < 4.78 is 0. The molecule has 0 radical (unpaired) electrons. The molecule has 0 saturated carbocycles. The van der Waals surface area contributed by atoms with Crippen LogP contribution < -0.4 is 0 Å². The molecule has 1 amide bonds. The Morgan fingerprint density at radius 3 is 2.67 bits per heavy atom. The van der Waals surface area contributed by atoms with Gasteiger partial charge in [0.15, 0.2) is 0 Å². The Morgan fingerprint density at radius 1 is 1.37 bits per heavy atom. The first-order chi connectivity index (χ1) is 14.3. The molecule has 0 aliphatic heterocycles. The molecule has 30 heavy (non-hydrogen) atoms. The van der Waals surface area contributed by atoms with Gasteiger partial charge in [-0.1, -0.05) is 38.6 Å². The number of rotatable bonds is 6. The Hall–Kier alpha value is -1.84. The molecule has 0 fully saturated rings. The van der Waals surface area contributed by atoms with Crippen molar-refractivity contribution >= 4 is 29.0 Å². The van der Waals surface area contributed by atoms with Gasteiger partial charge in [0.25, 0.3) is 0 Å². The van der Waals surface area contributed by atoms with E-state index in [4.69, 9.17) is 4.98 Å². The molecule has 3 rings (SSSR count). The number of hydrogen-bond acceptors (Lipinski definition) is 5. The van der Waals surface area contributed by atoms with Gasteiger partial charge in [-0.2, -0.15) is 5.26 Å². The average molecular weight is 442 g/mol. The first-order valence-electron chi connectivity index (χ1n) is 10.7. The van der Waals surface area contributed by atoms with Crippen LogP contribution in [-0.2, 0) is 17.6 Å². The summed E-state index contributed by atoms with van der Waals surface area (Å²) in [6.07, 6.45) is 3.00. The van der Waals surface area contributed by atoms with E-state index in [9.17, 15) is 10.1 Å². The third-order valence-corrected chi connectivity index (χ3v) is 7.93. The highest BCUT2D eigenvalue weighted by molar-refractivity contribution is 8.00. The Labute approximate surface area is 188 Å². The maximum atomic E-state index is 12.5. The Bertz CT molecular complexity index is 935. The predicted molar refractivity (Wildman–Crippen MR) is 126 cm³/mol. The summed E-state index contributed by atoms with van der Waals surface area (Å²) in [5.41, 5.74) is 4.24. The van der Waals surface area contributed by atoms with Crippen molar-refractivity contribution in [2.45, 2.75) is 58.9 Å². The molecule has 1 unspecified atom stereocenters. The normalized spacial score (nSPS) is 16.1. The van der Waals surface area contributed by atoms with Crippen LogP contribution in [0.1, 0.15) is 57.9 Å². The molecule has 4 nitrogen and oxygen atoms in total. The van der Waals surface area contributed by atoms with Gasteiger partial charge in [-0.3, -0.25) is 4.79 Å². The summed E-state index contributed by atoms with van der Waals surface area (Å²) in [6.45, 7) is 12.3. The number of thiophene rings is 1. The Kier molecular flexibility index (Phi) is 7.26. The van der Waals surface area contributed by atoms with Crippen LogP contribution in [0.5, 0.6) is 0 Å². The van der Waals surface area contributed by atoms with E-state index in [0.29, 0.717) is 35.3 Å². The largest absolute Gasteiger partial charge is 0.343 e. The van der Waals surface area contributed by atoms with E-state index >= 15 is 0 Å². The summed E-state index contributed by atoms with van der Waals surface area (Å²) in [5.74, 6) is 0.982. The first kappa shape index (κ1) is 22.8. The molecule has 1 aliphatic carbocycles. The zero-order valence-corrected chi connectivity index (χ0v) is 20.3. The zero-order chi connectivity index (χ0) is 21.9. The summed E-state index contributed by atoms with van der Waals surface area (Å²) in [5, 5.41) is 12.9. The van der Waals surface area contributed by atoms with Gasteiger partial charge in [0.05, 0.1) is 11.3 Å². The Morgan fingerprint density at radius 2 is 2.10 bits per heavy atom. The highest BCUT2D eigenvalue weighted by Crippen LogP contribution is 2.44. The van der Waals surface area contributed by atoms with Crippen LogP contribution in [0.3, 0.4) is 0 Å². The molecule has 0 bridgehead atoms. The van der Waals surface area contributed by atoms with Gasteiger partial charge in [-0.05, 0) is 61.5 Å². The fraction of sp³-hybridized carbons (Fsp3) is 0.542. The molecular formula is C24H31N3OS2. The van der Waals surface area contributed by atoms with Crippen LogP contribution in [0.25, 0.3) is 10.4 Å². The smallest absolute Gasteiger partial charge is 0.232 e. The molecule has 0 spiro atoms. The first-order valence-corrected chi connectivity index (χ1v) is 12.6. The minimum absolute atomic E-state index is 0.0962. The second-order valence-corrected chi connectivity index (χ2v) is 10.8. The number of amides is 1. The fourth-order valence-corrected chi connectivity index (χ4v) is 5.89. The summed E-state index contributed by atoms with van der Waals surface area (Å²) in [6, 6.07) is 6.57. The molecule has 0 aromatic carbocycles. The third kappa shape index (κ3) is 4.73. The van der Waals surface area contributed by atoms with Crippen molar-refractivity contribution in [3.05, 3.63) is 34.3 Å². The number of nitrogens with zero attached hydrogens (tertiary/aromatic N) is 3. The summed E-state index contributed by atoms with van der Waals surface area (Å²) in [4.78, 5) is 20.4. The second kappa shape index (κ2) is 9.53. The van der Waals surface area contributed by atoms with E-state index in [2.05, 4.69) is 38.3 Å². The number of carbonyl (C=O) groups is 1. The molecule has 1 aliphatic rings. The number of nitriles is 1. The minimum Gasteiger partial charge on any atom is -0.343 e. The number of hydrogen-bond donors (Lipinski definition) is 0. The van der Waals surface area contributed by atoms with Gasteiger partial charge >= 0.3 is 0 Å². The van der Waals surface area contributed by atoms with E-state index in [1.807, 2.05) is 24.8 Å². The Balaban J connectivity index is 2.04. The molecule has 0 N–H and O–H groups in total. The number of pyridine rings is 1. The number of carbonyl (C=O) groups excluding carboxylic acids is 1. The van der Waals surface area contributed by atoms with Crippen LogP contribution in [0, 0.1) is 22.7 Å². The van der Waals surface area contributed by atoms with Crippen molar-refractivity contribution in [1.29, 1.82) is 5.26 Å². The van der Waals surface area contributed by atoms with Crippen molar-refractivity contribution in [3.8, 4) is 16.5 Å². The molecule has 6 heteroatoms. The highest BCUT2D eigenvalue weighted by atomic mass is 32.2. The quantitative estimate of drug-likeness (QED) is 0.532. The molecule has 2 heterocycles. The van der Waals surface area contributed by atoms with Crippen molar-refractivity contribution in [3.63, 3.8) is 0 Å². The number of aryl methyl sites for hydroxylation is 1. The highest BCUT2D eigenvalue weighted by Gasteiger charge is 2.33. The third-order valence-electron chi connectivity index (χ3n) is 6.08. The summed E-state index contributed by atoms with van der Waals surface area (Å²) >= 11 is 3.08. The molecule has 160 valence electrons. The lowest BCUT2D eigenvalue weighted by Gasteiger charge is -2.35. The van der Waals surface area contributed by atoms with Crippen LogP contribution in [-0.4, -0.2) is 34.6 Å². The maximum Gasteiger partial charge on any atom is 0.232 e. The van der Waals surface area contributed by atoms with Crippen molar-refractivity contribution in [2.24, 2.45) is 11.3 Å². The topological polar surface area (TPSA) is 57.0 Å². The standard InChI is InChI=1S/C24H31N3OS2/c1-6-27(7-2)21(28)15-30-23-18(14-25)22(20-9-8-12-29-20)17-13-16(24(3,4)5)10-11-19(17)26-23/h8-9,12,16H,6-7,10-11,13,15H2,1-5H3. The number of aromatic nitrogens is 1. The van der Waals surface area contributed by atoms with Crippen LogP contribution in [0.2, 0.25) is 0 Å². The van der Waals surface area contributed by atoms with Gasteiger partial charge in [0, 0.05) is 29.2 Å². The number of fused-ring (bicyclic) bond motifs is 1. The fourth-order valence-electron chi connectivity index (χ4n) is 4.17.